The summed E-state index contributed by atoms with van der Waals surface area (Å²) in [6.45, 7) is 6.50. The standard InChI is InChI=1S/C14H23BrN2/c1-11(2)14(17(3)4)10-16-9-12-5-7-13(15)8-6-12/h5-8,11,14,16H,9-10H2,1-4H3. The minimum absolute atomic E-state index is 0.588. The molecule has 3 heteroatoms. The van der Waals surface area contributed by atoms with Gasteiger partial charge in [-0.15, -0.1) is 0 Å². The van der Waals surface area contributed by atoms with Crippen LogP contribution in [0, 0.1) is 5.92 Å². The molecule has 0 aromatic heterocycles. The lowest BCUT2D eigenvalue weighted by atomic mass is 10.0. The number of benzene rings is 1. The van der Waals surface area contributed by atoms with Crippen LogP contribution in [0.5, 0.6) is 0 Å². The maximum Gasteiger partial charge on any atom is 0.0237 e. The molecule has 0 heterocycles. The van der Waals surface area contributed by atoms with Gasteiger partial charge in [-0.1, -0.05) is 41.9 Å². The Bertz CT molecular complexity index is 311. The maximum absolute atomic E-state index is 3.53. The molecule has 17 heavy (non-hydrogen) atoms. The van der Waals surface area contributed by atoms with Crippen LogP contribution in [0.25, 0.3) is 0 Å². The fourth-order valence-electron chi connectivity index (χ4n) is 1.98. The molecule has 0 spiro atoms. The molecule has 0 amide bonds. The molecule has 0 aliphatic carbocycles. The normalized spacial score (nSPS) is 13.4. The largest absolute Gasteiger partial charge is 0.311 e. The lowest BCUT2D eigenvalue weighted by Gasteiger charge is -2.28. The zero-order chi connectivity index (χ0) is 12.8. The van der Waals surface area contributed by atoms with Crippen LogP contribution < -0.4 is 5.32 Å². The zero-order valence-corrected chi connectivity index (χ0v) is 12.8. The van der Waals surface area contributed by atoms with Crippen LogP contribution in [0.1, 0.15) is 19.4 Å². The third-order valence-corrected chi connectivity index (χ3v) is 3.56. The second kappa shape index (κ2) is 7.14. The molecule has 0 aliphatic heterocycles. The number of halogens is 1. The first-order valence-corrected chi connectivity index (χ1v) is 6.91. The molecule has 1 rings (SSSR count). The summed E-state index contributed by atoms with van der Waals surface area (Å²) < 4.78 is 1.13. The van der Waals surface area contributed by atoms with Crippen LogP contribution >= 0.6 is 15.9 Å². The van der Waals surface area contributed by atoms with Gasteiger partial charge in [-0.05, 0) is 37.7 Å². The molecule has 1 N–H and O–H groups in total. The number of nitrogens with one attached hydrogen (secondary N) is 1. The number of rotatable bonds is 6. The van der Waals surface area contributed by atoms with Gasteiger partial charge < -0.3 is 10.2 Å². The lowest BCUT2D eigenvalue weighted by molar-refractivity contribution is 0.224. The van der Waals surface area contributed by atoms with E-state index in [2.05, 4.69) is 78.4 Å². The predicted octanol–water partition coefficient (Wildman–Crippen LogP) is 3.12. The van der Waals surface area contributed by atoms with E-state index >= 15 is 0 Å². The minimum atomic E-state index is 0.588. The summed E-state index contributed by atoms with van der Waals surface area (Å²) in [4.78, 5) is 2.29. The van der Waals surface area contributed by atoms with E-state index in [1.807, 2.05) is 0 Å². The van der Waals surface area contributed by atoms with Crippen molar-refractivity contribution in [3.63, 3.8) is 0 Å². The lowest BCUT2D eigenvalue weighted by Crippen LogP contribution is -2.41. The molecule has 96 valence electrons. The van der Waals surface area contributed by atoms with E-state index < -0.39 is 0 Å². The summed E-state index contributed by atoms with van der Waals surface area (Å²) in [6.07, 6.45) is 0. The first-order valence-electron chi connectivity index (χ1n) is 6.12. The highest BCUT2D eigenvalue weighted by Gasteiger charge is 2.14. The second-order valence-electron chi connectivity index (χ2n) is 5.03. The van der Waals surface area contributed by atoms with Crippen molar-refractivity contribution >= 4 is 15.9 Å². The van der Waals surface area contributed by atoms with Crippen LogP contribution in [0.15, 0.2) is 28.7 Å². The van der Waals surface area contributed by atoms with Gasteiger partial charge >= 0.3 is 0 Å². The van der Waals surface area contributed by atoms with Gasteiger partial charge in [-0.3, -0.25) is 0 Å². The van der Waals surface area contributed by atoms with Crippen molar-refractivity contribution in [1.82, 2.24) is 10.2 Å². The summed E-state index contributed by atoms with van der Waals surface area (Å²) in [6, 6.07) is 9.06. The van der Waals surface area contributed by atoms with E-state index in [-0.39, 0.29) is 0 Å². The van der Waals surface area contributed by atoms with Gasteiger partial charge in [-0.2, -0.15) is 0 Å². The molecule has 0 radical (unpaired) electrons. The van der Waals surface area contributed by atoms with Crippen LogP contribution in [0.3, 0.4) is 0 Å². The van der Waals surface area contributed by atoms with Crippen molar-refractivity contribution in [1.29, 1.82) is 0 Å². The Morgan fingerprint density at radius 3 is 2.24 bits per heavy atom. The summed E-state index contributed by atoms with van der Waals surface area (Å²) >= 11 is 3.45. The Hall–Kier alpha value is -0.380. The van der Waals surface area contributed by atoms with Crippen molar-refractivity contribution in [2.45, 2.75) is 26.4 Å². The summed E-state index contributed by atoms with van der Waals surface area (Å²) in [5.41, 5.74) is 1.33. The molecule has 1 aromatic rings. The van der Waals surface area contributed by atoms with Crippen molar-refractivity contribution in [3.8, 4) is 0 Å². The average molecular weight is 299 g/mol. The van der Waals surface area contributed by atoms with Crippen LogP contribution in [0.2, 0.25) is 0 Å². The maximum atomic E-state index is 3.53. The molecule has 1 atom stereocenters. The van der Waals surface area contributed by atoms with Gasteiger partial charge in [0.15, 0.2) is 0 Å². The Balaban J connectivity index is 2.38. The zero-order valence-electron chi connectivity index (χ0n) is 11.2. The van der Waals surface area contributed by atoms with Crippen LogP contribution in [-0.2, 0) is 6.54 Å². The molecule has 1 unspecified atom stereocenters. The highest BCUT2D eigenvalue weighted by molar-refractivity contribution is 9.10. The van der Waals surface area contributed by atoms with Gasteiger partial charge in [0.25, 0.3) is 0 Å². The smallest absolute Gasteiger partial charge is 0.0237 e. The van der Waals surface area contributed by atoms with E-state index in [9.17, 15) is 0 Å². The first-order chi connectivity index (χ1) is 8.00. The monoisotopic (exact) mass is 298 g/mol. The Morgan fingerprint density at radius 1 is 1.18 bits per heavy atom. The molecule has 0 saturated carbocycles. The fourth-order valence-corrected chi connectivity index (χ4v) is 2.25. The van der Waals surface area contributed by atoms with E-state index in [1.54, 1.807) is 0 Å². The second-order valence-corrected chi connectivity index (χ2v) is 5.95. The van der Waals surface area contributed by atoms with Gasteiger partial charge in [-0.25, -0.2) is 0 Å². The molecular formula is C14H23BrN2. The molecule has 0 bridgehead atoms. The summed E-state index contributed by atoms with van der Waals surface area (Å²) in [5, 5.41) is 3.53. The topological polar surface area (TPSA) is 15.3 Å². The Labute approximate surface area is 114 Å². The molecule has 0 fully saturated rings. The molecule has 0 saturated heterocycles. The van der Waals surface area contributed by atoms with Crippen molar-refractivity contribution in [3.05, 3.63) is 34.3 Å². The van der Waals surface area contributed by atoms with E-state index in [0.717, 1.165) is 17.6 Å². The SMILES string of the molecule is CC(C)C(CNCc1ccc(Br)cc1)N(C)C. The average Bonchev–Trinajstić information content (AvgIpc) is 2.25. The highest BCUT2D eigenvalue weighted by Crippen LogP contribution is 2.11. The molecule has 0 aliphatic rings. The van der Waals surface area contributed by atoms with Crippen molar-refractivity contribution < 1.29 is 0 Å². The van der Waals surface area contributed by atoms with Gasteiger partial charge in [0.1, 0.15) is 0 Å². The highest BCUT2D eigenvalue weighted by atomic mass is 79.9. The number of likely N-dealkylation sites (N-methyl/N-ethyl adjacent to an activating group) is 1. The third-order valence-electron chi connectivity index (χ3n) is 3.03. The summed E-state index contributed by atoms with van der Waals surface area (Å²) in [5.74, 6) is 0.669. The number of hydrogen-bond acceptors (Lipinski definition) is 2. The number of hydrogen-bond donors (Lipinski definition) is 1. The van der Waals surface area contributed by atoms with E-state index in [1.165, 1.54) is 5.56 Å². The Morgan fingerprint density at radius 2 is 1.76 bits per heavy atom. The number of nitrogens with zero attached hydrogens (tertiary/aromatic N) is 1. The minimum Gasteiger partial charge on any atom is -0.311 e. The molecular weight excluding hydrogens is 276 g/mol. The van der Waals surface area contributed by atoms with E-state index in [0.29, 0.717) is 12.0 Å². The van der Waals surface area contributed by atoms with Crippen molar-refractivity contribution in [2.24, 2.45) is 5.92 Å². The quantitative estimate of drug-likeness (QED) is 0.868. The molecule has 2 nitrogen and oxygen atoms in total. The summed E-state index contributed by atoms with van der Waals surface area (Å²) in [7, 11) is 4.29. The van der Waals surface area contributed by atoms with Gasteiger partial charge in [0, 0.05) is 23.6 Å². The van der Waals surface area contributed by atoms with Crippen molar-refractivity contribution in [2.75, 3.05) is 20.6 Å². The molecule has 1 aromatic carbocycles. The van der Waals surface area contributed by atoms with Crippen LogP contribution in [0.4, 0.5) is 0 Å². The van der Waals surface area contributed by atoms with Gasteiger partial charge in [0.2, 0.25) is 0 Å². The fraction of sp³-hybridized carbons (Fsp3) is 0.571. The predicted molar refractivity (Wildman–Crippen MR) is 78.2 cm³/mol. The Kier molecular flexibility index (Phi) is 6.17. The van der Waals surface area contributed by atoms with Crippen LogP contribution in [-0.4, -0.2) is 31.6 Å². The first kappa shape index (κ1) is 14.7. The van der Waals surface area contributed by atoms with E-state index in [4.69, 9.17) is 0 Å². The van der Waals surface area contributed by atoms with Gasteiger partial charge in [0.05, 0.1) is 0 Å². The third kappa shape index (κ3) is 5.19.